The highest BCUT2D eigenvalue weighted by Crippen LogP contribution is 2.34. The molecule has 0 spiro atoms. The lowest BCUT2D eigenvalue weighted by Crippen LogP contribution is -2.33. The molecule has 1 aromatic carbocycles. The number of rotatable bonds is 7. The van der Waals surface area contributed by atoms with Crippen molar-refractivity contribution in [1.82, 2.24) is 0 Å². The Balaban J connectivity index is 3.24. The third-order valence-electron chi connectivity index (χ3n) is 3.92. The van der Waals surface area contributed by atoms with Gasteiger partial charge in [-0.05, 0) is 38.3 Å². The largest absolute Gasteiger partial charge is 0.481 e. The van der Waals surface area contributed by atoms with Gasteiger partial charge in [-0.3, -0.25) is 9.59 Å². The quantitative estimate of drug-likeness (QED) is 0.780. The van der Waals surface area contributed by atoms with Gasteiger partial charge in [-0.1, -0.05) is 30.7 Å². The zero-order chi connectivity index (χ0) is 17.6. The molecule has 1 rings (SSSR count). The average molecular weight is 317 g/mol. The molecular weight excluding hydrogens is 294 g/mol. The van der Waals surface area contributed by atoms with Crippen LogP contribution in [-0.4, -0.2) is 23.1 Å². The molecule has 5 nitrogen and oxygen atoms in total. The molecule has 2 unspecified atom stereocenters. The molecule has 1 N–H and O–H groups in total. The van der Waals surface area contributed by atoms with Crippen molar-refractivity contribution in [2.45, 2.75) is 58.5 Å². The lowest BCUT2D eigenvalue weighted by molar-refractivity contribution is -0.149. The van der Waals surface area contributed by atoms with Gasteiger partial charge in [0.15, 0.2) is 0 Å². The molecule has 1 aromatic rings. The van der Waals surface area contributed by atoms with E-state index in [2.05, 4.69) is 6.07 Å². The summed E-state index contributed by atoms with van der Waals surface area (Å²) in [7, 11) is 0. The molecule has 5 heteroatoms. The molecule has 23 heavy (non-hydrogen) atoms. The van der Waals surface area contributed by atoms with Crippen molar-refractivity contribution in [2.24, 2.45) is 0 Å². The van der Waals surface area contributed by atoms with Gasteiger partial charge < -0.3 is 9.84 Å². The number of benzene rings is 1. The van der Waals surface area contributed by atoms with E-state index in [1.807, 2.05) is 32.9 Å². The van der Waals surface area contributed by atoms with Crippen LogP contribution in [0.1, 0.15) is 49.8 Å². The smallest absolute Gasteiger partial charge is 0.308 e. The molecule has 0 saturated carbocycles. The Morgan fingerprint density at radius 2 is 2.00 bits per heavy atom. The van der Waals surface area contributed by atoms with Gasteiger partial charge >= 0.3 is 11.9 Å². The summed E-state index contributed by atoms with van der Waals surface area (Å²) < 4.78 is 5.24. The molecule has 124 valence electrons. The Bertz CT molecular complexity index is 632. The van der Waals surface area contributed by atoms with E-state index in [4.69, 9.17) is 4.74 Å². The number of hydrogen-bond donors (Lipinski definition) is 1. The highest BCUT2D eigenvalue weighted by molar-refractivity contribution is 5.77. The summed E-state index contributed by atoms with van der Waals surface area (Å²) in [6.45, 7) is 7.38. The number of aliphatic carboxylic acids is 1. The normalized spacial score (nSPS) is 14.4. The van der Waals surface area contributed by atoms with Crippen molar-refractivity contribution < 1.29 is 19.4 Å². The number of ether oxygens (including phenoxy) is 1. The Hall–Kier alpha value is -2.35. The molecule has 0 heterocycles. The van der Waals surface area contributed by atoms with Crippen LogP contribution in [0, 0.1) is 25.2 Å². The van der Waals surface area contributed by atoms with Crippen LogP contribution in [0.2, 0.25) is 0 Å². The second kappa shape index (κ2) is 7.77. The van der Waals surface area contributed by atoms with E-state index >= 15 is 0 Å². The fraction of sp³-hybridized carbons (Fsp3) is 0.500. The maximum atomic E-state index is 12.2. The monoisotopic (exact) mass is 317 g/mol. The summed E-state index contributed by atoms with van der Waals surface area (Å²) in [5, 5.41) is 18.9. The fourth-order valence-corrected chi connectivity index (χ4v) is 2.60. The standard InChI is InChI=1S/C18H23NO4/c1-5-14(4)23-17(22)10-18(11-19,9-16(20)21)15-7-6-12(2)8-13(15)3/h6-8,14H,5,9-10H2,1-4H3,(H,20,21). The SMILES string of the molecule is CCC(C)OC(=O)CC(C#N)(CC(=O)O)c1ccc(C)cc1C. The lowest BCUT2D eigenvalue weighted by Gasteiger charge is -2.27. The third kappa shape index (κ3) is 4.82. The Morgan fingerprint density at radius 3 is 2.48 bits per heavy atom. The number of nitrogens with zero attached hydrogens (tertiary/aromatic N) is 1. The summed E-state index contributed by atoms with van der Waals surface area (Å²) in [5.41, 5.74) is 0.947. The summed E-state index contributed by atoms with van der Waals surface area (Å²) >= 11 is 0. The number of esters is 1. The molecule has 0 amide bonds. The second-order valence-corrected chi connectivity index (χ2v) is 5.97. The lowest BCUT2D eigenvalue weighted by atomic mass is 9.74. The second-order valence-electron chi connectivity index (χ2n) is 5.97. The maximum Gasteiger partial charge on any atom is 0.308 e. The van der Waals surface area contributed by atoms with Crippen molar-refractivity contribution in [3.8, 4) is 6.07 Å². The minimum atomic E-state index is -1.42. The van der Waals surface area contributed by atoms with Crippen LogP contribution in [0.3, 0.4) is 0 Å². The van der Waals surface area contributed by atoms with Crippen molar-refractivity contribution >= 4 is 11.9 Å². The summed E-state index contributed by atoms with van der Waals surface area (Å²) in [5.74, 6) is -1.68. The van der Waals surface area contributed by atoms with E-state index in [0.29, 0.717) is 12.0 Å². The first-order valence-corrected chi connectivity index (χ1v) is 7.64. The number of nitriles is 1. The van der Waals surface area contributed by atoms with E-state index in [9.17, 15) is 20.0 Å². The third-order valence-corrected chi connectivity index (χ3v) is 3.92. The molecule has 0 saturated heterocycles. The minimum absolute atomic E-state index is 0.261. The first kappa shape index (κ1) is 18.7. The van der Waals surface area contributed by atoms with Crippen LogP contribution in [0.4, 0.5) is 0 Å². The maximum absolute atomic E-state index is 12.2. The van der Waals surface area contributed by atoms with Gasteiger partial charge in [-0.25, -0.2) is 0 Å². The summed E-state index contributed by atoms with van der Waals surface area (Å²) in [4.78, 5) is 23.4. The van der Waals surface area contributed by atoms with Crippen molar-refractivity contribution in [3.63, 3.8) is 0 Å². The van der Waals surface area contributed by atoms with Gasteiger partial charge in [0.05, 0.1) is 25.0 Å². The molecule has 0 aliphatic carbocycles. The predicted molar refractivity (Wildman–Crippen MR) is 85.9 cm³/mol. The summed E-state index contributed by atoms with van der Waals surface area (Å²) in [6, 6.07) is 7.49. The zero-order valence-corrected chi connectivity index (χ0v) is 14.0. The Kier molecular flexibility index (Phi) is 6.32. The van der Waals surface area contributed by atoms with Gasteiger partial charge in [0, 0.05) is 0 Å². The van der Waals surface area contributed by atoms with E-state index in [1.165, 1.54) is 0 Å². The molecule has 0 aliphatic heterocycles. The van der Waals surface area contributed by atoms with Gasteiger partial charge in [0.1, 0.15) is 5.41 Å². The summed E-state index contributed by atoms with van der Waals surface area (Å²) in [6.07, 6.45) is -0.316. The number of carbonyl (C=O) groups is 2. The van der Waals surface area contributed by atoms with E-state index in [1.54, 1.807) is 13.0 Å². The molecular formula is C18H23NO4. The van der Waals surface area contributed by atoms with Crippen LogP contribution in [0.25, 0.3) is 0 Å². The highest BCUT2D eigenvalue weighted by atomic mass is 16.5. The van der Waals surface area contributed by atoms with Crippen LogP contribution in [0.5, 0.6) is 0 Å². The predicted octanol–water partition coefficient (Wildman–Crippen LogP) is 3.27. The van der Waals surface area contributed by atoms with Crippen LogP contribution in [-0.2, 0) is 19.7 Å². The molecule has 0 aromatic heterocycles. The topological polar surface area (TPSA) is 87.4 Å². The number of aryl methyl sites for hydroxylation is 2. The Labute approximate surface area is 136 Å². The number of carboxylic acid groups (broad SMARTS) is 1. The molecule has 0 fully saturated rings. The molecule has 2 atom stereocenters. The number of hydrogen-bond acceptors (Lipinski definition) is 4. The van der Waals surface area contributed by atoms with Crippen molar-refractivity contribution in [1.29, 1.82) is 5.26 Å². The first-order valence-electron chi connectivity index (χ1n) is 7.64. The molecule has 0 radical (unpaired) electrons. The zero-order valence-electron chi connectivity index (χ0n) is 14.0. The van der Waals surface area contributed by atoms with Gasteiger partial charge in [0.25, 0.3) is 0 Å². The van der Waals surface area contributed by atoms with Crippen molar-refractivity contribution in [3.05, 3.63) is 34.9 Å². The van der Waals surface area contributed by atoms with Crippen LogP contribution < -0.4 is 0 Å². The first-order chi connectivity index (χ1) is 10.7. The van der Waals surface area contributed by atoms with Crippen LogP contribution >= 0.6 is 0 Å². The number of carboxylic acids is 1. The van der Waals surface area contributed by atoms with E-state index in [-0.39, 0.29) is 12.5 Å². The van der Waals surface area contributed by atoms with Gasteiger partial charge in [-0.2, -0.15) is 5.26 Å². The Morgan fingerprint density at radius 1 is 1.35 bits per heavy atom. The van der Waals surface area contributed by atoms with Gasteiger partial charge in [-0.15, -0.1) is 0 Å². The average Bonchev–Trinajstić information content (AvgIpc) is 2.45. The molecule has 0 bridgehead atoms. The van der Waals surface area contributed by atoms with Crippen LogP contribution in [0.15, 0.2) is 18.2 Å². The van der Waals surface area contributed by atoms with E-state index < -0.39 is 23.8 Å². The highest BCUT2D eigenvalue weighted by Gasteiger charge is 2.39. The minimum Gasteiger partial charge on any atom is -0.481 e. The molecule has 0 aliphatic rings. The van der Waals surface area contributed by atoms with Gasteiger partial charge in [0.2, 0.25) is 0 Å². The number of carbonyl (C=O) groups excluding carboxylic acids is 1. The van der Waals surface area contributed by atoms with E-state index in [0.717, 1.165) is 11.1 Å². The fourth-order valence-electron chi connectivity index (χ4n) is 2.60. The van der Waals surface area contributed by atoms with Crippen molar-refractivity contribution in [2.75, 3.05) is 0 Å².